The zero-order valence-electron chi connectivity index (χ0n) is 11.0. The van der Waals surface area contributed by atoms with Crippen molar-refractivity contribution in [3.8, 4) is 47.3 Å². The number of hydrogen-bond acceptors (Lipinski definition) is 2. The highest BCUT2D eigenvalue weighted by molar-refractivity contribution is 5.64. The van der Waals surface area contributed by atoms with Gasteiger partial charge in [0.05, 0.1) is 0 Å². The fraction of sp³-hybridized carbons (Fsp3) is 0.111. The normalized spacial score (nSPS) is 9.30. The number of rotatable bonds is 5. The van der Waals surface area contributed by atoms with Crippen LogP contribution in [0.4, 0.5) is 0 Å². The summed E-state index contributed by atoms with van der Waals surface area (Å²) >= 11 is 0. The van der Waals surface area contributed by atoms with Crippen molar-refractivity contribution >= 4 is 0 Å². The summed E-state index contributed by atoms with van der Waals surface area (Å²) in [6, 6.07) is 15.5. The lowest BCUT2D eigenvalue weighted by atomic mass is 10.1. The monoisotopic (exact) mass is 262 g/mol. The molecule has 0 unspecified atom stereocenters. The molecule has 0 spiro atoms. The molecule has 0 N–H and O–H groups in total. The number of hydrogen-bond donors (Lipinski definition) is 0. The first-order valence-corrected chi connectivity index (χ1v) is 6.16. The Morgan fingerprint density at radius 2 is 1.00 bits per heavy atom. The predicted molar refractivity (Wildman–Crippen MR) is 80.5 cm³/mol. The minimum Gasteiger partial charge on any atom is -0.481 e. The maximum atomic E-state index is 5.33. The van der Waals surface area contributed by atoms with Crippen molar-refractivity contribution in [2.24, 2.45) is 0 Å². The summed E-state index contributed by atoms with van der Waals surface area (Å²) in [6.07, 6.45) is 10.3. The molecule has 0 radical (unpaired) electrons. The maximum absolute atomic E-state index is 5.33. The van der Waals surface area contributed by atoms with E-state index in [1.54, 1.807) is 0 Å². The number of benzene rings is 2. The predicted octanol–water partition coefficient (Wildman–Crippen LogP) is 3.38. The zero-order chi connectivity index (χ0) is 14.2. The summed E-state index contributed by atoms with van der Waals surface area (Å²) in [6.45, 7) is 0.557. The van der Waals surface area contributed by atoms with Gasteiger partial charge in [0.25, 0.3) is 0 Å². The van der Waals surface area contributed by atoms with Gasteiger partial charge in [0.1, 0.15) is 24.7 Å². The van der Waals surface area contributed by atoms with E-state index < -0.39 is 0 Å². The average Bonchev–Trinajstić information content (AvgIpc) is 2.52. The van der Waals surface area contributed by atoms with E-state index in [2.05, 4.69) is 11.8 Å². The molecule has 2 aromatic rings. The van der Waals surface area contributed by atoms with Crippen molar-refractivity contribution in [2.75, 3.05) is 13.2 Å². The Bertz CT molecular complexity index is 566. The van der Waals surface area contributed by atoms with Gasteiger partial charge in [-0.1, -0.05) is 36.1 Å². The fourth-order valence-corrected chi connectivity index (χ4v) is 1.74. The summed E-state index contributed by atoms with van der Waals surface area (Å²) in [4.78, 5) is 0. The summed E-state index contributed by atoms with van der Waals surface area (Å²) in [5, 5.41) is 0. The third-order valence-electron chi connectivity index (χ3n) is 2.69. The van der Waals surface area contributed by atoms with E-state index >= 15 is 0 Å². The lowest BCUT2D eigenvalue weighted by Crippen LogP contribution is -1.93. The Hall–Kier alpha value is -2.84. The van der Waals surface area contributed by atoms with Crippen LogP contribution in [0.3, 0.4) is 0 Å². The molecule has 0 aliphatic carbocycles. The molecule has 0 atom stereocenters. The molecule has 0 aliphatic rings. The van der Waals surface area contributed by atoms with Gasteiger partial charge in [0.15, 0.2) is 0 Å². The van der Waals surface area contributed by atoms with Gasteiger partial charge in [0.2, 0.25) is 0 Å². The SMILES string of the molecule is C#CCOc1ccc(-c2ccc(OCC#C)cc2)cc1. The highest BCUT2D eigenvalue weighted by atomic mass is 16.5. The zero-order valence-corrected chi connectivity index (χ0v) is 11.0. The molecular formula is C18H14O2. The van der Waals surface area contributed by atoms with Crippen LogP contribution in [0, 0.1) is 24.7 Å². The highest BCUT2D eigenvalue weighted by Gasteiger charge is 1.99. The van der Waals surface area contributed by atoms with Gasteiger partial charge in [-0.05, 0) is 35.4 Å². The summed E-state index contributed by atoms with van der Waals surface area (Å²) in [5.41, 5.74) is 2.20. The van der Waals surface area contributed by atoms with E-state index in [1.807, 2.05) is 48.5 Å². The van der Waals surface area contributed by atoms with Crippen molar-refractivity contribution in [3.05, 3.63) is 48.5 Å². The van der Waals surface area contributed by atoms with Gasteiger partial charge in [-0.15, -0.1) is 12.8 Å². The molecule has 20 heavy (non-hydrogen) atoms. The van der Waals surface area contributed by atoms with E-state index in [1.165, 1.54) is 0 Å². The van der Waals surface area contributed by atoms with E-state index in [4.69, 9.17) is 22.3 Å². The van der Waals surface area contributed by atoms with Gasteiger partial charge in [0, 0.05) is 0 Å². The topological polar surface area (TPSA) is 18.5 Å². The minimum atomic E-state index is 0.278. The van der Waals surface area contributed by atoms with Crippen molar-refractivity contribution in [1.82, 2.24) is 0 Å². The van der Waals surface area contributed by atoms with Crippen LogP contribution in [0.15, 0.2) is 48.5 Å². The molecule has 0 heterocycles. The first-order valence-electron chi connectivity index (χ1n) is 6.16. The molecule has 0 amide bonds. The molecule has 2 heteroatoms. The third kappa shape index (κ3) is 3.57. The Morgan fingerprint density at radius 3 is 1.30 bits per heavy atom. The van der Waals surface area contributed by atoms with Crippen LogP contribution in [-0.4, -0.2) is 13.2 Å². The van der Waals surface area contributed by atoms with Crippen molar-refractivity contribution in [1.29, 1.82) is 0 Å². The van der Waals surface area contributed by atoms with Gasteiger partial charge < -0.3 is 9.47 Å². The summed E-state index contributed by atoms with van der Waals surface area (Å²) in [5.74, 6) is 6.40. The van der Waals surface area contributed by atoms with Crippen LogP contribution >= 0.6 is 0 Å². The van der Waals surface area contributed by atoms with Gasteiger partial charge in [-0.2, -0.15) is 0 Å². The van der Waals surface area contributed by atoms with E-state index in [-0.39, 0.29) is 13.2 Å². The molecule has 2 nitrogen and oxygen atoms in total. The molecule has 0 saturated carbocycles. The van der Waals surface area contributed by atoms with Crippen molar-refractivity contribution < 1.29 is 9.47 Å². The Labute approximate surface area is 119 Å². The van der Waals surface area contributed by atoms with Gasteiger partial charge in [-0.3, -0.25) is 0 Å². The fourth-order valence-electron chi connectivity index (χ4n) is 1.74. The molecule has 0 aromatic heterocycles. The van der Waals surface area contributed by atoms with Crippen LogP contribution in [0.25, 0.3) is 11.1 Å². The third-order valence-corrected chi connectivity index (χ3v) is 2.69. The average molecular weight is 262 g/mol. The second-order valence-corrected chi connectivity index (χ2v) is 4.03. The van der Waals surface area contributed by atoms with E-state index in [0.717, 1.165) is 22.6 Å². The molecule has 2 aromatic carbocycles. The van der Waals surface area contributed by atoms with Crippen LogP contribution in [0.1, 0.15) is 0 Å². The van der Waals surface area contributed by atoms with Crippen molar-refractivity contribution in [3.63, 3.8) is 0 Å². The number of ether oxygens (including phenoxy) is 2. The molecule has 2 rings (SSSR count). The van der Waals surface area contributed by atoms with Crippen molar-refractivity contribution in [2.45, 2.75) is 0 Å². The maximum Gasteiger partial charge on any atom is 0.148 e. The quantitative estimate of drug-likeness (QED) is 0.769. The van der Waals surface area contributed by atoms with E-state index in [9.17, 15) is 0 Å². The first-order chi connectivity index (χ1) is 9.83. The van der Waals surface area contributed by atoms with Crippen LogP contribution < -0.4 is 9.47 Å². The summed E-state index contributed by atoms with van der Waals surface area (Å²) < 4.78 is 10.7. The first kappa shape index (κ1) is 13.6. The molecule has 0 aliphatic heterocycles. The molecule has 0 saturated heterocycles. The Balaban J connectivity index is 2.08. The molecule has 98 valence electrons. The van der Waals surface area contributed by atoms with Gasteiger partial charge >= 0.3 is 0 Å². The second-order valence-electron chi connectivity index (χ2n) is 4.03. The van der Waals surface area contributed by atoms with Gasteiger partial charge in [-0.25, -0.2) is 0 Å². The molecular weight excluding hydrogens is 248 g/mol. The van der Waals surface area contributed by atoms with Crippen LogP contribution in [-0.2, 0) is 0 Å². The Morgan fingerprint density at radius 1 is 0.650 bits per heavy atom. The second kappa shape index (κ2) is 6.92. The largest absolute Gasteiger partial charge is 0.481 e. The van der Waals surface area contributed by atoms with Crippen LogP contribution in [0.2, 0.25) is 0 Å². The Kier molecular flexibility index (Phi) is 4.70. The lowest BCUT2D eigenvalue weighted by molar-refractivity contribution is 0.370. The van der Waals surface area contributed by atoms with Crippen LogP contribution in [0.5, 0.6) is 11.5 Å². The molecule has 0 bridgehead atoms. The standard InChI is InChI=1S/C18H14O2/c1-3-13-19-17-9-5-15(6-10-17)16-7-11-18(12-8-16)20-14-4-2/h1-2,5-12H,13-14H2. The highest BCUT2D eigenvalue weighted by Crippen LogP contribution is 2.24. The lowest BCUT2D eigenvalue weighted by Gasteiger charge is -2.06. The van der Waals surface area contributed by atoms with E-state index in [0.29, 0.717) is 0 Å². The number of terminal acetylenes is 2. The summed E-state index contributed by atoms with van der Waals surface area (Å²) in [7, 11) is 0. The minimum absolute atomic E-state index is 0.278. The smallest absolute Gasteiger partial charge is 0.148 e. The molecule has 0 fully saturated rings.